The van der Waals surface area contributed by atoms with Crippen molar-refractivity contribution in [3.8, 4) is 11.5 Å². The first-order chi connectivity index (χ1) is 9.22. The van der Waals surface area contributed by atoms with Gasteiger partial charge in [-0.2, -0.15) is 0 Å². The van der Waals surface area contributed by atoms with E-state index < -0.39 is 0 Å². The van der Waals surface area contributed by atoms with Crippen LogP contribution in [0.2, 0.25) is 0 Å². The highest BCUT2D eigenvalue weighted by Crippen LogP contribution is 2.23. The maximum atomic E-state index is 12.0. The molecule has 0 aliphatic rings. The molecule has 0 atom stereocenters. The summed E-state index contributed by atoms with van der Waals surface area (Å²) in [6.45, 7) is 1.31. The third-order valence-corrected chi connectivity index (χ3v) is 2.56. The van der Waals surface area contributed by atoms with Crippen LogP contribution in [0.15, 0.2) is 18.2 Å². The summed E-state index contributed by atoms with van der Waals surface area (Å²) in [5, 5.41) is 2.74. The van der Waals surface area contributed by atoms with Crippen LogP contribution in [0.25, 0.3) is 0 Å². The number of carbonyl (C=O) groups is 1. The highest BCUT2D eigenvalue weighted by Gasteiger charge is 2.12. The Morgan fingerprint density at radius 1 is 1.26 bits per heavy atom. The Hall–Kier alpha value is -1.46. The van der Waals surface area contributed by atoms with Crippen LogP contribution in [-0.4, -0.2) is 45.8 Å². The molecule has 0 fully saturated rings. The molecule has 0 bridgehead atoms. The predicted octanol–water partition coefficient (Wildman–Crippen LogP) is 1.69. The van der Waals surface area contributed by atoms with Crippen LogP contribution in [0.5, 0.6) is 11.5 Å². The minimum absolute atomic E-state index is 0.231. The lowest BCUT2D eigenvalue weighted by molar-refractivity contribution is 0.0920. The number of rotatable bonds is 8. The number of ether oxygens (including phenoxy) is 3. The molecule has 0 aliphatic carbocycles. The van der Waals surface area contributed by atoms with E-state index in [-0.39, 0.29) is 5.91 Å². The molecule has 106 valence electrons. The molecule has 1 N–H and O–H groups in total. The van der Waals surface area contributed by atoms with E-state index in [1.165, 1.54) is 7.11 Å². The Balaban J connectivity index is 2.59. The molecule has 1 aromatic carbocycles. The number of hydrogen-bond acceptors (Lipinski definition) is 4. The van der Waals surface area contributed by atoms with Crippen molar-refractivity contribution < 1.29 is 19.0 Å². The summed E-state index contributed by atoms with van der Waals surface area (Å²) in [6, 6.07) is 5.06. The minimum atomic E-state index is -0.231. The molecule has 0 radical (unpaired) electrons. The smallest absolute Gasteiger partial charge is 0.255 e. The van der Waals surface area contributed by atoms with E-state index in [0.29, 0.717) is 42.7 Å². The summed E-state index contributed by atoms with van der Waals surface area (Å²) < 4.78 is 15.4. The molecule has 0 saturated heterocycles. The largest absolute Gasteiger partial charge is 0.497 e. The van der Waals surface area contributed by atoms with E-state index in [1.54, 1.807) is 25.3 Å². The summed E-state index contributed by atoms with van der Waals surface area (Å²) in [5.41, 5.74) is 0.430. The van der Waals surface area contributed by atoms with Crippen molar-refractivity contribution in [3.63, 3.8) is 0 Å². The zero-order valence-electron chi connectivity index (χ0n) is 11.1. The van der Waals surface area contributed by atoms with Crippen molar-refractivity contribution in [3.05, 3.63) is 23.8 Å². The predicted molar refractivity (Wildman–Crippen MR) is 73.4 cm³/mol. The molecule has 1 amide bonds. The Morgan fingerprint density at radius 2 is 2.05 bits per heavy atom. The van der Waals surface area contributed by atoms with Gasteiger partial charge in [-0.3, -0.25) is 4.79 Å². The van der Waals surface area contributed by atoms with E-state index in [1.807, 2.05) is 0 Å². The minimum Gasteiger partial charge on any atom is -0.497 e. The molecule has 0 aliphatic heterocycles. The second-order valence-corrected chi connectivity index (χ2v) is 4.00. The molecule has 0 saturated carbocycles. The van der Waals surface area contributed by atoms with Gasteiger partial charge >= 0.3 is 0 Å². The van der Waals surface area contributed by atoms with Crippen molar-refractivity contribution in [2.24, 2.45) is 0 Å². The maximum absolute atomic E-state index is 12.0. The van der Waals surface area contributed by atoms with Gasteiger partial charge in [-0.1, -0.05) is 0 Å². The number of carbonyl (C=O) groups excluding carboxylic acids is 1. The van der Waals surface area contributed by atoms with Crippen LogP contribution in [-0.2, 0) is 4.74 Å². The quantitative estimate of drug-likeness (QED) is 0.584. The fourth-order valence-electron chi connectivity index (χ4n) is 1.48. The van der Waals surface area contributed by atoms with Gasteiger partial charge in [-0.25, -0.2) is 0 Å². The molecule has 0 unspecified atom stereocenters. The number of halogens is 1. The zero-order chi connectivity index (χ0) is 14.1. The molecular weight excluding hydrogens is 270 g/mol. The van der Waals surface area contributed by atoms with E-state index in [2.05, 4.69) is 5.32 Å². The van der Waals surface area contributed by atoms with Gasteiger partial charge in [0.2, 0.25) is 0 Å². The Labute approximate surface area is 117 Å². The first kappa shape index (κ1) is 15.6. The van der Waals surface area contributed by atoms with Crippen molar-refractivity contribution >= 4 is 17.5 Å². The highest BCUT2D eigenvalue weighted by atomic mass is 35.5. The highest BCUT2D eigenvalue weighted by molar-refractivity contribution is 6.17. The van der Waals surface area contributed by atoms with Gasteiger partial charge < -0.3 is 19.5 Å². The normalized spacial score (nSPS) is 10.1. The summed E-state index contributed by atoms with van der Waals surface area (Å²) in [6.07, 6.45) is 0. The summed E-state index contributed by atoms with van der Waals surface area (Å²) in [4.78, 5) is 12.0. The number of alkyl halides is 1. The van der Waals surface area contributed by atoms with Crippen LogP contribution in [0.1, 0.15) is 10.4 Å². The lowest BCUT2D eigenvalue weighted by atomic mass is 10.1. The van der Waals surface area contributed by atoms with Crippen LogP contribution in [0, 0.1) is 0 Å². The van der Waals surface area contributed by atoms with E-state index >= 15 is 0 Å². The van der Waals surface area contributed by atoms with E-state index in [4.69, 9.17) is 25.8 Å². The Bertz CT molecular complexity index is 412. The zero-order valence-corrected chi connectivity index (χ0v) is 11.8. The van der Waals surface area contributed by atoms with Crippen molar-refractivity contribution in [2.75, 3.05) is 39.9 Å². The average Bonchev–Trinajstić information content (AvgIpc) is 2.46. The van der Waals surface area contributed by atoms with Crippen molar-refractivity contribution in [2.45, 2.75) is 0 Å². The molecule has 0 spiro atoms. The summed E-state index contributed by atoms with van der Waals surface area (Å²) in [7, 11) is 3.06. The van der Waals surface area contributed by atoms with Gasteiger partial charge in [0.25, 0.3) is 5.91 Å². The third kappa shape index (κ3) is 4.96. The second kappa shape index (κ2) is 8.61. The molecule has 6 heteroatoms. The first-order valence-corrected chi connectivity index (χ1v) is 6.40. The van der Waals surface area contributed by atoms with Crippen LogP contribution in [0.4, 0.5) is 0 Å². The summed E-state index contributed by atoms with van der Waals surface area (Å²) in [5.74, 6) is 1.31. The van der Waals surface area contributed by atoms with Crippen LogP contribution >= 0.6 is 11.6 Å². The lowest BCUT2D eigenvalue weighted by Gasteiger charge is -2.11. The molecule has 1 aromatic rings. The third-order valence-electron chi connectivity index (χ3n) is 2.40. The van der Waals surface area contributed by atoms with Gasteiger partial charge in [-0.15, -0.1) is 11.6 Å². The molecule has 0 heterocycles. The standard InChI is InChI=1S/C13H18ClNO4/c1-17-10-3-4-12(18-2)11(9-10)13(16)15-6-8-19-7-5-14/h3-4,9H,5-8H2,1-2H3,(H,15,16). The van der Waals surface area contributed by atoms with Gasteiger partial charge in [-0.05, 0) is 18.2 Å². The van der Waals surface area contributed by atoms with Crippen molar-refractivity contribution in [1.29, 1.82) is 0 Å². The first-order valence-electron chi connectivity index (χ1n) is 5.87. The van der Waals surface area contributed by atoms with E-state index in [9.17, 15) is 4.79 Å². The topological polar surface area (TPSA) is 56.8 Å². The number of hydrogen-bond donors (Lipinski definition) is 1. The SMILES string of the molecule is COc1ccc(OC)c(C(=O)NCCOCCCl)c1. The Kier molecular flexibility index (Phi) is 7.07. The number of nitrogens with one attached hydrogen (secondary N) is 1. The van der Waals surface area contributed by atoms with Gasteiger partial charge in [0.1, 0.15) is 11.5 Å². The van der Waals surface area contributed by atoms with Gasteiger partial charge in [0, 0.05) is 12.4 Å². The monoisotopic (exact) mass is 287 g/mol. The van der Waals surface area contributed by atoms with Gasteiger partial charge in [0.05, 0.1) is 33.0 Å². The number of methoxy groups -OCH3 is 2. The fraction of sp³-hybridized carbons (Fsp3) is 0.462. The molecule has 0 aromatic heterocycles. The van der Waals surface area contributed by atoms with Crippen LogP contribution < -0.4 is 14.8 Å². The number of benzene rings is 1. The van der Waals surface area contributed by atoms with Crippen LogP contribution in [0.3, 0.4) is 0 Å². The molecule has 19 heavy (non-hydrogen) atoms. The van der Waals surface area contributed by atoms with Crippen molar-refractivity contribution in [1.82, 2.24) is 5.32 Å². The Morgan fingerprint density at radius 3 is 2.68 bits per heavy atom. The molecule has 1 rings (SSSR count). The maximum Gasteiger partial charge on any atom is 0.255 e. The lowest BCUT2D eigenvalue weighted by Crippen LogP contribution is -2.27. The fourth-order valence-corrected chi connectivity index (χ4v) is 1.59. The summed E-state index contributed by atoms with van der Waals surface area (Å²) >= 11 is 5.47. The molecular formula is C13H18ClNO4. The van der Waals surface area contributed by atoms with Gasteiger partial charge in [0.15, 0.2) is 0 Å². The second-order valence-electron chi connectivity index (χ2n) is 3.62. The molecule has 5 nitrogen and oxygen atoms in total. The average molecular weight is 288 g/mol. The number of amides is 1. The van der Waals surface area contributed by atoms with E-state index in [0.717, 1.165) is 0 Å².